The van der Waals surface area contributed by atoms with Crippen LogP contribution in [0.15, 0.2) is 70.0 Å². The molecule has 0 saturated heterocycles. The molecule has 3 amide bonds. The first-order valence-electron chi connectivity index (χ1n) is 9.07. The zero-order chi connectivity index (χ0) is 22.9. The van der Waals surface area contributed by atoms with Crippen LogP contribution < -0.4 is 15.0 Å². The van der Waals surface area contributed by atoms with Gasteiger partial charge in [0.2, 0.25) is 0 Å². The Bertz CT molecular complexity index is 1340. The maximum absolute atomic E-state index is 14.7. The fourth-order valence-corrected chi connectivity index (χ4v) is 5.33. The second-order valence-electron chi connectivity index (χ2n) is 6.58. The molecule has 12 heteroatoms. The molecule has 32 heavy (non-hydrogen) atoms. The van der Waals surface area contributed by atoms with Gasteiger partial charge in [0, 0.05) is 5.69 Å². The Morgan fingerprint density at radius 1 is 1.12 bits per heavy atom. The van der Waals surface area contributed by atoms with Crippen LogP contribution in [0, 0.1) is 5.82 Å². The lowest BCUT2D eigenvalue weighted by Gasteiger charge is -2.14. The Hall–Kier alpha value is -3.28. The number of amides is 3. The zero-order valence-electron chi connectivity index (χ0n) is 16.1. The van der Waals surface area contributed by atoms with E-state index >= 15 is 0 Å². The lowest BCUT2D eigenvalue weighted by Crippen LogP contribution is -2.34. The van der Waals surface area contributed by atoms with Crippen molar-refractivity contribution in [1.82, 2.24) is 4.72 Å². The minimum atomic E-state index is -4.12. The predicted octanol–water partition coefficient (Wildman–Crippen LogP) is 4.19. The average Bonchev–Trinajstić information content (AvgIpc) is 3.35. The highest BCUT2D eigenvalue weighted by Crippen LogP contribution is 2.28. The van der Waals surface area contributed by atoms with E-state index in [2.05, 4.69) is 10.4 Å². The van der Waals surface area contributed by atoms with Gasteiger partial charge in [-0.1, -0.05) is 41.9 Å². The molecule has 0 radical (unpaired) electrons. The molecule has 164 valence electrons. The molecule has 0 fully saturated rings. The van der Waals surface area contributed by atoms with Crippen molar-refractivity contribution in [3.05, 3.63) is 76.4 Å². The summed E-state index contributed by atoms with van der Waals surface area (Å²) in [5, 5.41) is 7.42. The minimum Gasteiger partial charge on any atom is -0.307 e. The molecule has 0 saturated carbocycles. The van der Waals surface area contributed by atoms with Crippen LogP contribution in [0.3, 0.4) is 0 Å². The number of nitrogens with zero attached hydrogens (tertiary/aromatic N) is 2. The van der Waals surface area contributed by atoms with Gasteiger partial charge in [-0.15, -0.1) is 11.3 Å². The van der Waals surface area contributed by atoms with Crippen LogP contribution in [0.4, 0.5) is 20.6 Å². The third kappa shape index (κ3) is 4.64. The maximum Gasteiger partial charge on any atom is 0.333 e. The lowest BCUT2D eigenvalue weighted by atomic mass is 10.1. The van der Waals surface area contributed by atoms with Gasteiger partial charge in [-0.3, -0.25) is 4.79 Å². The molecule has 2 aromatic carbocycles. The molecule has 0 bridgehead atoms. The summed E-state index contributed by atoms with van der Waals surface area (Å²) in [6, 6.07) is 14.2. The molecule has 0 atom stereocenters. The molecule has 2 heterocycles. The molecule has 8 nitrogen and oxygen atoms in total. The van der Waals surface area contributed by atoms with Crippen molar-refractivity contribution in [1.29, 1.82) is 0 Å². The fourth-order valence-electron chi connectivity index (χ4n) is 2.94. The number of sulfonamides is 1. The van der Waals surface area contributed by atoms with Crippen molar-refractivity contribution in [2.45, 2.75) is 10.6 Å². The van der Waals surface area contributed by atoms with Crippen molar-refractivity contribution in [3.8, 4) is 0 Å². The van der Waals surface area contributed by atoms with Crippen LogP contribution in [0.5, 0.6) is 0 Å². The SMILES string of the molecule is O=C(Nc1ccc(N2N=C(c3ccccc3)CC2=O)c(F)c1)NS(=O)(=O)c1ccc(Cl)s1. The quantitative estimate of drug-likeness (QED) is 0.556. The van der Waals surface area contributed by atoms with Gasteiger partial charge >= 0.3 is 6.03 Å². The standard InChI is InChI=1S/C20H14ClFN4O4S2/c21-17-8-9-19(31-17)32(29,30)25-20(28)23-13-6-7-16(14(22)10-13)26-18(27)11-15(24-26)12-4-2-1-3-5-12/h1-10H,11H2,(H2,23,25,28). The van der Waals surface area contributed by atoms with Gasteiger partial charge in [0.15, 0.2) is 5.82 Å². The molecule has 1 aromatic heterocycles. The number of thiophene rings is 1. The maximum atomic E-state index is 14.7. The Balaban J connectivity index is 1.48. The van der Waals surface area contributed by atoms with Crippen molar-refractivity contribution < 1.29 is 22.4 Å². The molecule has 1 aliphatic heterocycles. The second kappa shape index (κ2) is 8.69. The van der Waals surface area contributed by atoms with E-state index in [0.29, 0.717) is 5.71 Å². The van der Waals surface area contributed by atoms with E-state index < -0.39 is 27.8 Å². The number of hydrogen-bond donors (Lipinski definition) is 2. The van der Waals surface area contributed by atoms with Crippen molar-refractivity contribution in [2.24, 2.45) is 5.10 Å². The Morgan fingerprint density at radius 3 is 2.53 bits per heavy atom. The molecular formula is C20H14ClFN4O4S2. The number of carbonyl (C=O) groups is 2. The summed E-state index contributed by atoms with van der Waals surface area (Å²) in [5.41, 5.74) is 1.16. The predicted molar refractivity (Wildman–Crippen MR) is 120 cm³/mol. The van der Waals surface area contributed by atoms with Crippen LogP contribution in [0.25, 0.3) is 0 Å². The highest BCUT2D eigenvalue weighted by molar-refractivity contribution is 7.92. The Labute approximate surface area is 191 Å². The van der Waals surface area contributed by atoms with Crippen LogP contribution in [-0.4, -0.2) is 26.1 Å². The number of hydrazone groups is 1. The van der Waals surface area contributed by atoms with E-state index in [4.69, 9.17) is 11.6 Å². The van der Waals surface area contributed by atoms with Gasteiger partial charge in [0.05, 0.1) is 16.5 Å². The molecule has 0 unspecified atom stereocenters. The van der Waals surface area contributed by atoms with Crippen LogP contribution in [0.1, 0.15) is 12.0 Å². The summed E-state index contributed by atoms with van der Waals surface area (Å²) in [5.74, 6) is -1.22. The summed E-state index contributed by atoms with van der Waals surface area (Å²) < 4.78 is 41.0. The van der Waals surface area contributed by atoms with Gasteiger partial charge in [0.1, 0.15) is 9.90 Å². The van der Waals surface area contributed by atoms with Crippen LogP contribution in [-0.2, 0) is 14.8 Å². The first-order valence-corrected chi connectivity index (χ1v) is 11.8. The molecular weight excluding hydrogens is 479 g/mol. The third-order valence-corrected chi connectivity index (χ3v) is 7.41. The monoisotopic (exact) mass is 492 g/mol. The first kappa shape index (κ1) is 21.9. The summed E-state index contributed by atoms with van der Waals surface area (Å²) in [4.78, 5) is 24.4. The molecule has 3 aromatic rings. The molecule has 1 aliphatic rings. The van der Waals surface area contributed by atoms with Crippen molar-refractivity contribution in [3.63, 3.8) is 0 Å². The highest BCUT2D eigenvalue weighted by atomic mass is 35.5. The largest absolute Gasteiger partial charge is 0.333 e. The van der Waals surface area contributed by atoms with Gasteiger partial charge in [0.25, 0.3) is 15.9 Å². The number of nitrogens with one attached hydrogen (secondary N) is 2. The number of rotatable bonds is 5. The van der Waals surface area contributed by atoms with Gasteiger partial charge in [-0.25, -0.2) is 22.3 Å². The first-order chi connectivity index (χ1) is 15.2. The van der Waals surface area contributed by atoms with E-state index in [1.54, 1.807) is 12.1 Å². The Morgan fingerprint density at radius 2 is 1.88 bits per heavy atom. The smallest absolute Gasteiger partial charge is 0.307 e. The third-order valence-electron chi connectivity index (χ3n) is 4.36. The Kier molecular flexibility index (Phi) is 5.96. The van der Waals surface area contributed by atoms with Gasteiger partial charge in [-0.2, -0.15) is 10.1 Å². The summed E-state index contributed by atoms with van der Waals surface area (Å²) >= 11 is 6.51. The molecule has 4 rings (SSSR count). The highest BCUT2D eigenvalue weighted by Gasteiger charge is 2.28. The van der Waals surface area contributed by atoms with E-state index in [-0.39, 0.29) is 26.3 Å². The normalized spacial score (nSPS) is 13.8. The van der Waals surface area contributed by atoms with E-state index in [1.807, 2.05) is 22.9 Å². The van der Waals surface area contributed by atoms with Gasteiger partial charge in [-0.05, 0) is 35.9 Å². The number of anilines is 2. The molecule has 0 aliphatic carbocycles. The van der Waals surface area contributed by atoms with Crippen molar-refractivity contribution >= 4 is 62.0 Å². The number of carbonyl (C=O) groups excluding carboxylic acids is 2. The number of benzene rings is 2. The van der Waals surface area contributed by atoms with E-state index in [1.165, 1.54) is 24.3 Å². The number of hydrogen-bond acceptors (Lipinski definition) is 6. The topological polar surface area (TPSA) is 108 Å². The number of halogens is 2. The molecule has 2 N–H and O–H groups in total. The van der Waals surface area contributed by atoms with E-state index in [9.17, 15) is 22.4 Å². The lowest BCUT2D eigenvalue weighted by molar-refractivity contribution is -0.116. The average molecular weight is 493 g/mol. The second-order valence-corrected chi connectivity index (χ2v) is 10.2. The van der Waals surface area contributed by atoms with Crippen molar-refractivity contribution in [2.75, 3.05) is 10.3 Å². The summed E-state index contributed by atoms with van der Waals surface area (Å²) in [6.45, 7) is 0. The zero-order valence-corrected chi connectivity index (χ0v) is 18.5. The van der Waals surface area contributed by atoms with Crippen LogP contribution >= 0.6 is 22.9 Å². The molecule has 0 spiro atoms. The van der Waals surface area contributed by atoms with E-state index in [0.717, 1.165) is 28.0 Å². The minimum absolute atomic E-state index is 0.0120. The number of urea groups is 1. The fraction of sp³-hybridized carbons (Fsp3) is 0.0500. The van der Waals surface area contributed by atoms with Gasteiger partial charge < -0.3 is 5.32 Å². The summed E-state index contributed by atoms with van der Waals surface area (Å²) in [7, 11) is -4.12. The summed E-state index contributed by atoms with van der Waals surface area (Å²) in [6.07, 6.45) is 0.0243. The van der Waals surface area contributed by atoms with Crippen LogP contribution in [0.2, 0.25) is 4.34 Å².